The summed E-state index contributed by atoms with van der Waals surface area (Å²) in [5.74, 6) is 0.332. The number of amides is 1. The van der Waals surface area contributed by atoms with Crippen LogP contribution in [0.15, 0.2) is 28.9 Å². The predicted octanol–water partition coefficient (Wildman–Crippen LogP) is 1.31. The highest BCUT2D eigenvalue weighted by Gasteiger charge is 2.34. The normalized spacial score (nSPS) is 16.9. The number of aliphatic hydroxyl groups is 1. The Balaban J connectivity index is 1.64. The number of hydrogen-bond acceptors (Lipinski definition) is 4. The Hall–Kier alpha value is -2.08. The lowest BCUT2D eigenvalue weighted by atomic mass is 9.80. The number of aromatic nitrogens is 2. The van der Waals surface area contributed by atoms with Gasteiger partial charge in [0.1, 0.15) is 5.69 Å². The fourth-order valence-corrected chi connectivity index (χ4v) is 2.09. The number of H-pyrrole nitrogens is 1. The molecular formula is C13H15N3O3. The average molecular weight is 261 g/mol. The van der Waals surface area contributed by atoms with Gasteiger partial charge in [-0.25, -0.2) is 0 Å². The van der Waals surface area contributed by atoms with E-state index in [0.29, 0.717) is 11.5 Å². The van der Waals surface area contributed by atoms with Gasteiger partial charge >= 0.3 is 0 Å². The summed E-state index contributed by atoms with van der Waals surface area (Å²) in [6, 6.07) is 5.17. The lowest BCUT2D eigenvalue weighted by Crippen LogP contribution is -2.47. The zero-order chi connectivity index (χ0) is 13.3. The van der Waals surface area contributed by atoms with Gasteiger partial charge in [0.15, 0.2) is 11.5 Å². The van der Waals surface area contributed by atoms with Crippen LogP contribution in [-0.2, 0) is 0 Å². The summed E-state index contributed by atoms with van der Waals surface area (Å²) in [7, 11) is 0. The zero-order valence-electron chi connectivity index (χ0n) is 10.3. The maximum absolute atomic E-state index is 11.9. The van der Waals surface area contributed by atoms with Crippen molar-refractivity contribution in [2.24, 2.45) is 0 Å². The molecule has 3 rings (SSSR count). The van der Waals surface area contributed by atoms with Gasteiger partial charge in [-0.05, 0) is 31.4 Å². The number of carbonyl (C=O) groups excluding carboxylic acids is 1. The first-order valence-electron chi connectivity index (χ1n) is 6.26. The zero-order valence-corrected chi connectivity index (χ0v) is 10.3. The second-order valence-corrected chi connectivity index (χ2v) is 4.90. The molecule has 1 aliphatic carbocycles. The van der Waals surface area contributed by atoms with E-state index in [9.17, 15) is 9.90 Å². The molecule has 0 aliphatic heterocycles. The molecule has 1 aliphatic rings. The number of carbonyl (C=O) groups is 1. The molecule has 2 aromatic rings. The fourth-order valence-electron chi connectivity index (χ4n) is 2.09. The molecule has 2 heterocycles. The van der Waals surface area contributed by atoms with E-state index >= 15 is 0 Å². The van der Waals surface area contributed by atoms with Crippen LogP contribution in [0.1, 0.15) is 29.8 Å². The fraction of sp³-hybridized carbons (Fsp3) is 0.385. The maximum Gasteiger partial charge on any atom is 0.271 e. The SMILES string of the molecule is O=C(NCC1(O)CCC1)c1cc(-c2ccco2)[nH]n1. The molecule has 6 nitrogen and oxygen atoms in total. The van der Waals surface area contributed by atoms with E-state index in [1.165, 1.54) is 0 Å². The molecule has 0 saturated heterocycles. The van der Waals surface area contributed by atoms with Crippen molar-refractivity contribution in [2.75, 3.05) is 6.54 Å². The number of nitrogens with one attached hydrogen (secondary N) is 2. The second-order valence-electron chi connectivity index (χ2n) is 4.90. The summed E-state index contributed by atoms with van der Waals surface area (Å²) in [4.78, 5) is 11.9. The molecule has 100 valence electrons. The summed E-state index contributed by atoms with van der Waals surface area (Å²) in [6.07, 6.45) is 4.05. The van der Waals surface area contributed by atoms with Crippen molar-refractivity contribution in [3.05, 3.63) is 30.2 Å². The molecule has 1 amide bonds. The third kappa shape index (κ3) is 2.39. The van der Waals surface area contributed by atoms with Crippen LogP contribution in [0, 0.1) is 0 Å². The number of aromatic amines is 1. The molecule has 19 heavy (non-hydrogen) atoms. The summed E-state index contributed by atoms with van der Waals surface area (Å²) in [5.41, 5.74) is 0.210. The molecule has 0 spiro atoms. The molecule has 0 atom stereocenters. The van der Waals surface area contributed by atoms with Crippen molar-refractivity contribution in [1.82, 2.24) is 15.5 Å². The molecule has 0 unspecified atom stereocenters. The van der Waals surface area contributed by atoms with Gasteiger partial charge in [0.05, 0.1) is 11.9 Å². The first-order chi connectivity index (χ1) is 9.16. The van der Waals surface area contributed by atoms with Gasteiger partial charge in [-0.1, -0.05) is 0 Å². The van der Waals surface area contributed by atoms with Crippen LogP contribution < -0.4 is 5.32 Å². The van der Waals surface area contributed by atoms with Crippen LogP contribution in [0.5, 0.6) is 0 Å². The van der Waals surface area contributed by atoms with Gasteiger partial charge in [-0.15, -0.1) is 0 Å². The van der Waals surface area contributed by atoms with Crippen molar-refractivity contribution in [3.63, 3.8) is 0 Å². The minimum absolute atomic E-state index is 0.273. The van der Waals surface area contributed by atoms with Crippen LogP contribution in [0.25, 0.3) is 11.5 Å². The van der Waals surface area contributed by atoms with Gasteiger partial charge in [-0.3, -0.25) is 9.89 Å². The summed E-state index contributed by atoms with van der Waals surface area (Å²) in [6.45, 7) is 0.273. The molecule has 0 bridgehead atoms. The Morgan fingerprint density at radius 1 is 1.58 bits per heavy atom. The molecule has 3 N–H and O–H groups in total. The number of nitrogens with zero attached hydrogens (tertiary/aromatic N) is 1. The first-order valence-corrected chi connectivity index (χ1v) is 6.26. The van der Waals surface area contributed by atoms with Crippen molar-refractivity contribution >= 4 is 5.91 Å². The van der Waals surface area contributed by atoms with Crippen molar-refractivity contribution in [2.45, 2.75) is 24.9 Å². The van der Waals surface area contributed by atoms with E-state index in [2.05, 4.69) is 15.5 Å². The Morgan fingerprint density at radius 3 is 3.05 bits per heavy atom. The highest BCUT2D eigenvalue weighted by atomic mass is 16.3. The quantitative estimate of drug-likeness (QED) is 0.774. The topological polar surface area (TPSA) is 91.1 Å². The standard InChI is InChI=1S/C13H15N3O3/c17-12(14-8-13(18)4-2-5-13)10-7-9(15-16-10)11-3-1-6-19-11/h1,3,6-7,18H,2,4-5,8H2,(H,14,17)(H,15,16). The van der Waals surface area contributed by atoms with Gasteiger partial charge in [0, 0.05) is 12.6 Å². The van der Waals surface area contributed by atoms with Crippen molar-refractivity contribution < 1.29 is 14.3 Å². The predicted molar refractivity (Wildman–Crippen MR) is 67.4 cm³/mol. The third-order valence-corrected chi connectivity index (χ3v) is 3.46. The smallest absolute Gasteiger partial charge is 0.271 e. The van der Waals surface area contributed by atoms with E-state index in [1.807, 2.05) is 0 Å². The number of furan rings is 1. The Labute approximate surface area is 109 Å². The highest BCUT2D eigenvalue weighted by Crippen LogP contribution is 2.30. The Morgan fingerprint density at radius 2 is 2.42 bits per heavy atom. The molecular weight excluding hydrogens is 246 g/mol. The van der Waals surface area contributed by atoms with Gasteiger partial charge < -0.3 is 14.8 Å². The van der Waals surface area contributed by atoms with Crippen LogP contribution in [0.3, 0.4) is 0 Å². The van der Waals surface area contributed by atoms with Crippen LogP contribution in [-0.4, -0.2) is 33.4 Å². The minimum atomic E-state index is -0.726. The Bertz CT molecular complexity index is 570. The van der Waals surface area contributed by atoms with E-state index in [0.717, 1.165) is 19.3 Å². The average Bonchev–Trinajstić information content (AvgIpc) is 3.02. The molecule has 1 fully saturated rings. The largest absolute Gasteiger partial charge is 0.463 e. The first kappa shape index (κ1) is 12.0. The second kappa shape index (κ2) is 4.55. The maximum atomic E-state index is 11.9. The van der Waals surface area contributed by atoms with Crippen molar-refractivity contribution in [1.29, 1.82) is 0 Å². The van der Waals surface area contributed by atoms with E-state index < -0.39 is 5.60 Å². The van der Waals surface area contributed by atoms with Crippen molar-refractivity contribution in [3.8, 4) is 11.5 Å². The monoisotopic (exact) mass is 261 g/mol. The lowest BCUT2D eigenvalue weighted by Gasteiger charge is -2.36. The molecule has 6 heteroatoms. The summed E-state index contributed by atoms with van der Waals surface area (Å²) >= 11 is 0. The molecule has 0 radical (unpaired) electrons. The molecule has 0 aromatic carbocycles. The lowest BCUT2D eigenvalue weighted by molar-refractivity contribution is -0.0300. The van der Waals surface area contributed by atoms with Crippen LogP contribution in [0.2, 0.25) is 0 Å². The van der Waals surface area contributed by atoms with E-state index in [1.54, 1.807) is 24.5 Å². The van der Waals surface area contributed by atoms with E-state index in [-0.39, 0.29) is 18.1 Å². The summed E-state index contributed by atoms with van der Waals surface area (Å²) < 4.78 is 5.21. The third-order valence-electron chi connectivity index (χ3n) is 3.46. The van der Waals surface area contributed by atoms with Gasteiger partial charge in [0.25, 0.3) is 5.91 Å². The van der Waals surface area contributed by atoms with Gasteiger partial charge in [0.2, 0.25) is 0 Å². The number of rotatable bonds is 4. The van der Waals surface area contributed by atoms with Gasteiger partial charge in [-0.2, -0.15) is 5.10 Å². The van der Waals surface area contributed by atoms with E-state index in [4.69, 9.17) is 4.42 Å². The minimum Gasteiger partial charge on any atom is -0.463 e. The Kier molecular flexibility index (Phi) is 2.87. The number of hydrogen-bond donors (Lipinski definition) is 3. The summed E-state index contributed by atoms with van der Waals surface area (Å²) in [5, 5.41) is 19.3. The molecule has 2 aromatic heterocycles. The highest BCUT2D eigenvalue weighted by molar-refractivity contribution is 5.93. The molecule has 1 saturated carbocycles. The van der Waals surface area contributed by atoms with Crippen LogP contribution >= 0.6 is 0 Å². The van der Waals surface area contributed by atoms with Crippen LogP contribution in [0.4, 0.5) is 0 Å².